The summed E-state index contributed by atoms with van der Waals surface area (Å²) in [4.78, 5) is 26.2. The second-order valence-electron chi connectivity index (χ2n) is 10.1. The van der Waals surface area contributed by atoms with Crippen molar-refractivity contribution in [2.24, 2.45) is 0 Å². The molecule has 0 fully saturated rings. The van der Waals surface area contributed by atoms with Gasteiger partial charge in [0.25, 0.3) is 0 Å². The zero-order valence-corrected chi connectivity index (χ0v) is 23.6. The number of carbonyl (C=O) groups excluding carboxylic acids is 2. The van der Waals surface area contributed by atoms with E-state index >= 15 is 0 Å². The van der Waals surface area contributed by atoms with E-state index in [1.807, 2.05) is 60.7 Å². The SMILES string of the molecule is O=C(CCc1ccccc1)Oc1c(O)c(-c2ccc(O)cc2)c(OC(=O)CCc2ccccc2)c(O)c1-c1ccc(O)cc1. The van der Waals surface area contributed by atoms with Crippen molar-refractivity contribution in [1.82, 2.24) is 0 Å². The van der Waals surface area contributed by atoms with E-state index < -0.39 is 23.4 Å². The number of carbonyl (C=O) groups is 2. The molecule has 0 aliphatic rings. The zero-order chi connectivity index (χ0) is 31.1. The molecule has 5 rings (SSSR count). The van der Waals surface area contributed by atoms with E-state index in [9.17, 15) is 30.0 Å². The van der Waals surface area contributed by atoms with Gasteiger partial charge in [-0.1, -0.05) is 84.9 Å². The molecule has 0 aliphatic heterocycles. The maximum Gasteiger partial charge on any atom is 0.311 e. The molecule has 0 saturated heterocycles. The maximum absolute atomic E-state index is 13.1. The van der Waals surface area contributed by atoms with E-state index in [4.69, 9.17) is 9.47 Å². The minimum atomic E-state index is -0.673. The van der Waals surface area contributed by atoms with Gasteiger partial charge in [-0.15, -0.1) is 0 Å². The first-order valence-corrected chi connectivity index (χ1v) is 14.0. The van der Waals surface area contributed by atoms with E-state index in [0.717, 1.165) is 11.1 Å². The molecule has 0 heterocycles. The average molecular weight is 591 g/mol. The molecule has 44 heavy (non-hydrogen) atoms. The van der Waals surface area contributed by atoms with Crippen molar-refractivity contribution in [3.05, 3.63) is 120 Å². The summed E-state index contributed by atoms with van der Waals surface area (Å²) in [5.41, 5.74) is 2.17. The lowest BCUT2D eigenvalue weighted by Crippen LogP contribution is -2.13. The summed E-state index contributed by atoms with van der Waals surface area (Å²) < 4.78 is 11.4. The van der Waals surface area contributed by atoms with E-state index in [1.165, 1.54) is 48.5 Å². The number of hydrogen-bond donors (Lipinski definition) is 4. The maximum atomic E-state index is 13.1. The first-order valence-electron chi connectivity index (χ1n) is 14.0. The zero-order valence-electron chi connectivity index (χ0n) is 23.6. The molecule has 5 aromatic carbocycles. The Hall–Kier alpha value is -5.76. The number of hydrogen-bond acceptors (Lipinski definition) is 8. The van der Waals surface area contributed by atoms with Crippen LogP contribution in [0.25, 0.3) is 22.3 Å². The molecule has 0 saturated carbocycles. The Morgan fingerprint density at radius 3 is 1.16 bits per heavy atom. The molecular formula is C36H30O8. The quantitative estimate of drug-likeness (QED) is 0.0783. The summed E-state index contributed by atoms with van der Waals surface area (Å²) in [6.45, 7) is 0. The largest absolute Gasteiger partial charge is 0.508 e. The molecule has 0 radical (unpaired) electrons. The van der Waals surface area contributed by atoms with Crippen LogP contribution in [0.5, 0.6) is 34.5 Å². The minimum Gasteiger partial charge on any atom is -0.508 e. The van der Waals surface area contributed by atoms with Crippen molar-refractivity contribution in [3.63, 3.8) is 0 Å². The van der Waals surface area contributed by atoms with Crippen LogP contribution in [0.4, 0.5) is 0 Å². The second kappa shape index (κ2) is 13.5. The van der Waals surface area contributed by atoms with Gasteiger partial charge in [0.1, 0.15) is 11.5 Å². The van der Waals surface area contributed by atoms with Gasteiger partial charge in [0.15, 0.2) is 23.0 Å². The Labute approximate surface area is 254 Å². The van der Waals surface area contributed by atoms with Crippen LogP contribution in [0.3, 0.4) is 0 Å². The normalized spacial score (nSPS) is 10.7. The van der Waals surface area contributed by atoms with E-state index in [1.54, 1.807) is 0 Å². The van der Waals surface area contributed by atoms with Crippen molar-refractivity contribution >= 4 is 11.9 Å². The number of aromatic hydroxyl groups is 4. The van der Waals surface area contributed by atoms with Crippen molar-refractivity contribution in [3.8, 4) is 56.8 Å². The van der Waals surface area contributed by atoms with Gasteiger partial charge in [-0.05, 0) is 59.4 Å². The minimum absolute atomic E-state index is 0.0238. The van der Waals surface area contributed by atoms with Crippen LogP contribution in [-0.4, -0.2) is 32.4 Å². The smallest absolute Gasteiger partial charge is 0.311 e. The molecule has 8 nitrogen and oxygen atoms in total. The van der Waals surface area contributed by atoms with Crippen LogP contribution >= 0.6 is 0 Å². The molecule has 222 valence electrons. The van der Waals surface area contributed by atoms with Crippen molar-refractivity contribution in [2.75, 3.05) is 0 Å². The summed E-state index contributed by atoms with van der Waals surface area (Å²) >= 11 is 0. The van der Waals surface area contributed by atoms with Crippen LogP contribution in [0, 0.1) is 0 Å². The Kier molecular flexibility index (Phi) is 9.10. The molecule has 0 amide bonds. The van der Waals surface area contributed by atoms with E-state index in [-0.39, 0.29) is 58.1 Å². The van der Waals surface area contributed by atoms with Gasteiger partial charge in [-0.25, -0.2) is 0 Å². The van der Waals surface area contributed by atoms with Crippen LogP contribution in [-0.2, 0) is 22.4 Å². The molecule has 5 aromatic rings. The third kappa shape index (κ3) is 6.99. The fourth-order valence-corrected chi connectivity index (χ4v) is 4.78. The third-order valence-corrected chi connectivity index (χ3v) is 7.02. The molecule has 0 aliphatic carbocycles. The lowest BCUT2D eigenvalue weighted by Gasteiger charge is -2.21. The summed E-state index contributed by atoms with van der Waals surface area (Å²) in [7, 11) is 0. The molecule has 0 aromatic heterocycles. The van der Waals surface area contributed by atoms with E-state index in [0.29, 0.717) is 12.8 Å². The topological polar surface area (TPSA) is 134 Å². The van der Waals surface area contributed by atoms with Crippen LogP contribution in [0.1, 0.15) is 24.0 Å². The van der Waals surface area contributed by atoms with Crippen molar-refractivity contribution < 1.29 is 39.5 Å². The molecule has 0 spiro atoms. The Balaban J connectivity index is 1.59. The fraction of sp³-hybridized carbons (Fsp3) is 0.111. The summed E-state index contributed by atoms with van der Waals surface area (Å²) in [5, 5.41) is 43.1. The number of phenols is 4. The highest BCUT2D eigenvalue weighted by molar-refractivity contribution is 5.95. The lowest BCUT2D eigenvalue weighted by molar-refractivity contribution is -0.135. The third-order valence-electron chi connectivity index (χ3n) is 7.02. The van der Waals surface area contributed by atoms with Crippen LogP contribution in [0.2, 0.25) is 0 Å². The molecule has 0 atom stereocenters. The van der Waals surface area contributed by atoms with Crippen molar-refractivity contribution in [1.29, 1.82) is 0 Å². The predicted molar refractivity (Wildman–Crippen MR) is 165 cm³/mol. The number of phenolic OH excluding ortho intramolecular Hbond substituents is 4. The number of esters is 2. The summed E-state index contributed by atoms with van der Waals surface area (Å²) in [5.74, 6) is -3.26. The van der Waals surface area contributed by atoms with Gasteiger partial charge < -0.3 is 29.9 Å². The Morgan fingerprint density at radius 1 is 0.477 bits per heavy atom. The first kappa shape index (κ1) is 29.7. The highest BCUT2D eigenvalue weighted by Crippen LogP contribution is 2.56. The second-order valence-corrected chi connectivity index (χ2v) is 10.1. The summed E-state index contributed by atoms with van der Waals surface area (Å²) in [6, 6.07) is 30.0. The van der Waals surface area contributed by atoms with Gasteiger partial charge in [0, 0.05) is 12.8 Å². The summed E-state index contributed by atoms with van der Waals surface area (Å²) in [6.07, 6.45) is 0.708. The van der Waals surface area contributed by atoms with Gasteiger partial charge >= 0.3 is 11.9 Å². The number of aryl methyl sites for hydroxylation is 2. The Bertz CT molecular complexity index is 1610. The Morgan fingerprint density at radius 2 is 0.818 bits per heavy atom. The molecule has 8 heteroatoms. The number of rotatable bonds is 10. The predicted octanol–water partition coefficient (Wildman–Crippen LogP) is 6.92. The lowest BCUT2D eigenvalue weighted by atomic mass is 9.95. The molecular weight excluding hydrogens is 560 g/mol. The van der Waals surface area contributed by atoms with Gasteiger partial charge in [0.2, 0.25) is 0 Å². The first-order chi connectivity index (χ1) is 21.3. The van der Waals surface area contributed by atoms with Crippen molar-refractivity contribution in [2.45, 2.75) is 25.7 Å². The molecule has 4 N–H and O–H groups in total. The standard InChI is InChI=1S/C36H30O8/c37-27-17-13-25(14-18-27)31-34(42)36(44-30(40)22-12-24-9-5-2-6-10-24)32(26-15-19-28(38)20-16-26)33(41)35(31)43-29(39)21-11-23-7-3-1-4-8-23/h1-10,13-20,37-38,41-42H,11-12,21-22H2. The highest BCUT2D eigenvalue weighted by Gasteiger charge is 2.31. The van der Waals surface area contributed by atoms with Gasteiger partial charge in [-0.2, -0.15) is 0 Å². The van der Waals surface area contributed by atoms with Crippen LogP contribution < -0.4 is 9.47 Å². The van der Waals surface area contributed by atoms with Crippen LogP contribution in [0.15, 0.2) is 109 Å². The van der Waals surface area contributed by atoms with Gasteiger partial charge in [-0.3, -0.25) is 9.59 Å². The fourth-order valence-electron chi connectivity index (χ4n) is 4.78. The van der Waals surface area contributed by atoms with Gasteiger partial charge in [0.05, 0.1) is 11.1 Å². The number of ether oxygens (including phenoxy) is 2. The number of benzene rings is 5. The highest BCUT2D eigenvalue weighted by atomic mass is 16.6. The average Bonchev–Trinajstić information content (AvgIpc) is 3.04. The monoisotopic (exact) mass is 590 g/mol. The van der Waals surface area contributed by atoms with E-state index in [2.05, 4.69) is 0 Å². The molecule has 0 bridgehead atoms. The molecule has 0 unspecified atom stereocenters.